The summed E-state index contributed by atoms with van der Waals surface area (Å²) in [4.78, 5) is 0. The third-order valence-corrected chi connectivity index (χ3v) is 4.31. The second kappa shape index (κ2) is 6.12. The summed E-state index contributed by atoms with van der Waals surface area (Å²) in [5, 5.41) is 10.8. The molecule has 0 radical (unpaired) electrons. The van der Waals surface area contributed by atoms with Crippen molar-refractivity contribution in [2.24, 2.45) is 0 Å². The number of methoxy groups -OCH3 is 2. The number of aryl methyl sites for hydroxylation is 2. The van der Waals surface area contributed by atoms with E-state index in [0.717, 1.165) is 21.4 Å². The molecule has 0 amide bonds. The molecule has 0 saturated carbocycles. The van der Waals surface area contributed by atoms with Crippen molar-refractivity contribution in [3.63, 3.8) is 0 Å². The molecule has 0 spiro atoms. The number of rotatable bonds is 4. The van der Waals surface area contributed by atoms with Gasteiger partial charge in [0.2, 0.25) is 0 Å². The van der Waals surface area contributed by atoms with E-state index in [1.54, 1.807) is 26.4 Å². The van der Waals surface area contributed by atoms with Crippen LogP contribution in [0, 0.1) is 20.8 Å². The number of ether oxygens (including phenoxy) is 2. The van der Waals surface area contributed by atoms with Gasteiger partial charge in [0.1, 0.15) is 29.1 Å². The van der Waals surface area contributed by atoms with Crippen LogP contribution in [0.1, 0.15) is 34.3 Å². The fraction of sp³-hybridized carbons (Fsp3) is 0.375. The SMILES string of the molecule is COc1cc(C(O)c2c(C)oc(C)c2C)c(OC)cc1Br. The van der Waals surface area contributed by atoms with E-state index in [4.69, 9.17) is 13.9 Å². The van der Waals surface area contributed by atoms with Gasteiger partial charge in [0.05, 0.1) is 18.7 Å². The first-order chi connectivity index (χ1) is 9.90. The molecule has 1 N–H and O–H groups in total. The third-order valence-electron chi connectivity index (χ3n) is 3.69. The van der Waals surface area contributed by atoms with Crippen LogP contribution < -0.4 is 9.47 Å². The fourth-order valence-corrected chi connectivity index (χ4v) is 2.95. The van der Waals surface area contributed by atoms with Gasteiger partial charge in [0.15, 0.2) is 0 Å². The van der Waals surface area contributed by atoms with E-state index in [9.17, 15) is 5.11 Å². The molecule has 1 unspecified atom stereocenters. The van der Waals surface area contributed by atoms with E-state index in [0.29, 0.717) is 22.8 Å². The molecule has 1 atom stereocenters. The average Bonchev–Trinajstić information content (AvgIpc) is 2.71. The standard InChI is InChI=1S/C16H19BrO4/c1-8-9(2)21-10(3)15(8)16(18)11-6-14(20-5)12(17)7-13(11)19-4/h6-7,16,18H,1-5H3. The molecular weight excluding hydrogens is 336 g/mol. The van der Waals surface area contributed by atoms with Crippen LogP contribution in [0.15, 0.2) is 21.0 Å². The maximum Gasteiger partial charge on any atom is 0.133 e. The third kappa shape index (κ3) is 2.80. The van der Waals surface area contributed by atoms with Crippen LogP contribution in [0.5, 0.6) is 11.5 Å². The number of hydrogen-bond acceptors (Lipinski definition) is 4. The summed E-state index contributed by atoms with van der Waals surface area (Å²) in [6.45, 7) is 5.67. The monoisotopic (exact) mass is 354 g/mol. The second-order valence-electron chi connectivity index (χ2n) is 4.88. The lowest BCUT2D eigenvalue weighted by molar-refractivity contribution is 0.211. The first-order valence-electron chi connectivity index (χ1n) is 6.56. The molecule has 21 heavy (non-hydrogen) atoms. The summed E-state index contributed by atoms with van der Waals surface area (Å²) in [5.41, 5.74) is 2.36. The van der Waals surface area contributed by atoms with Crippen molar-refractivity contribution in [2.75, 3.05) is 14.2 Å². The second-order valence-corrected chi connectivity index (χ2v) is 5.74. The van der Waals surface area contributed by atoms with Gasteiger partial charge in [-0.25, -0.2) is 0 Å². The smallest absolute Gasteiger partial charge is 0.133 e. The van der Waals surface area contributed by atoms with E-state index >= 15 is 0 Å². The summed E-state index contributed by atoms with van der Waals surface area (Å²) < 4.78 is 17.1. The first-order valence-corrected chi connectivity index (χ1v) is 7.36. The van der Waals surface area contributed by atoms with Gasteiger partial charge in [-0.3, -0.25) is 0 Å². The van der Waals surface area contributed by atoms with E-state index in [2.05, 4.69) is 15.9 Å². The van der Waals surface area contributed by atoms with E-state index < -0.39 is 6.10 Å². The predicted octanol–water partition coefficient (Wildman–Crippen LogP) is 4.07. The van der Waals surface area contributed by atoms with Crippen LogP contribution >= 0.6 is 15.9 Å². The highest BCUT2D eigenvalue weighted by molar-refractivity contribution is 9.10. The normalized spacial score (nSPS) is 12.3. The molecule has 0 aliphatic heterocycles. The summed E-state index contributed by atoms with van der Waals surface area (Å²) >= 11 is 3.42. The average molecular weight is 355 g/mol. The van der Waals surface area contributed by atoms with Gasteiger partial charge in [-0.2, -0.15) is 0 Å². The largest absolute Gasteiger partial charge is 0.496 e. The molecule has 0 aliphatic rings. The van der Waals surface area contributed by atoms with Crippen LogP contribution in [0.25, 0.3) is 0 Å². The van der Waals surface area contributed by atoms with Crippen LogP contribution in [-0.2, 0) is 0 Å². The fourth-order valence-electron chi connectivity index (χ4n) is 2.47. The van der Waals surface area contributed by atoms with Crippen molar-refractivity contribution in [3.8, 4) is 11.5 Å². The Morgan fingerprint density at radius 3 is 2.14 bits per heavy atom. The number of halogens is 1. The molecular formula is C16H19BrO4. The highest BCUT2D eigenvalue weighted by Crippen LogP contribution is 2.40. The minimum absolute atomic E-state index is 0.591. The van der Waals surface area contributed by atoms with E-state index in [1.807, 2.05) is 20.8 Å². The highest BCUT2D eigenvalue weighted by Gasteiger charge is 2.24. The van der Waals surface area contributed by atoms with Gasteiger partial charge >= 0.3 is 0 Å². The molecule has 0 saturated heterocycles. The Labute approximate surface area is 132 Å². The number of aliphatic hydroxyl groups excluding tert-OH is 1. The van der Waals surface area contributed by atoms with Gasteiger partial charge < -0.3 is 19.0 Å². The molecule has 4 nitrogen and oxygen atoms in total. The Morgan fingerprint density at radius 1 is 1.05 bits per heavy atom. The van der Waals surface area contributed by atoms with Gasteiger partial charge in [-0.15, -0.1) is 0 Å². The van der Waals surface area contributed by atoms with Crippen LogP contribution in [0.2, 0.25) is 0 Å². The molecule has 0 aliphatic carbocycles. The zero-order valence-electron chi connectivity index (χ0n) is 12.8. The molecule has 0 fully saturated rings. The molecule has 5 heteroatoms. The number of hydrogen-bond donors (Lipinski definition) is 1. The number of benzene rings is 1. The summed E-state index contributed by atoms with van der Waals surface area (Å²) in [7, 11) is 3.16. The lowest BCUT2D eigenvalue weighted by Crippen LogP contribution is -2.05. The number of furan rings is 1. The van der Waals surface area contributed by atoms with Crippen molar-refractivity contribution in [3.05, 3.63) is 44.8 Å². The van der Waals surface area contributed by atoms with Gasteiger partial charge in [-0.1, -0.05) is 0 Å². The van der Waals surface area contributed by atoms with Gasteiger partial charge in [0.25, 0.3) is 0 Å². The molecule has 114 valence electrons. The summed E-state index contributed by atoms with van der Waals surface area (Å²) in [6.07, 6.45) is -0.834. The Hall–Kier alpha value is -1.46. The maximum absolute atomic E-state index is 10.8. The summed E-state index contributed by atoms with van der Waals surface area (Å²) in [5.74, 6) is 2.75. The van der Waals surface area contributed by atoms with Crippen molar-refractivity contribution in [1.29, 1.82) is 0 Å². The highest BCUT2D eigenvalue weighted by atomic mass is 79.9. The molecule has 1 heterocycles. The molecule has 1 aromatic carbocycles. The van der Waals surface area contributed by atoms with Crippen LogP contribution in [0.4, 0.5) is 0 Å². The first kappa shape index (κ1) is 15.9. The Bertz CT molecular complexity index is 661. The Kier molecular flexibility index (Phi) is 4.64. The zero-order chi connectivity index (χ0) is 15.7. The van der Waals surface area contributed by atoms with Crippen molar-refractivity contribution >= 4 is 15.9 Å². The van der Waals surface area contributed by atoms with Crippen molar-refractivity contribution in [1.82, 2.24) is 0 Å². The Balaban J connectivity index is 2.59. The molecule has 0 bridgehead atoms. The lowest BCUT2D eigenvalue weighted by atomic mass is 9.97. The number of aliphatic hydroxyl groups is 1. The molecule has 1 aromatic heterocycles. The zero-order valence-corrected chi connectivity index (χ0v) is 14.4. The lowest BCUT2D eigenvalue weighted by Gasteiger charge is -2.17. The van der Waals surface area contributed by atoms with Gasteiger partial charge in [0, 0.05) is 11.1 Å². The predicted molar refractivity (Wildman–Crippen MR) is 84.2 cm³/mol. The Morgan fingerprint density at radius 2 is 1.67 bits per heavy atom. The van der Waals surface area contributed by atoms with Crippen molar-refractivity contribution < 1.29 is 19.0 Å². The quantitative estimate of drug-likeness (QED) is 0.899. The molecule has 2 aromatic rings. The van der Waals surface area contributed by atoms with Crippen LogP contribution in [0.3, 0.4) is 0 Å². The topological polar surface area (TPSA) is 51.8 Å². The minimum Gasteiger partial charge on any atom is -0.496 e. The van der Waals surface area contributed by atoms with Crippen LogP contribution in [-0.4, -0.2) is 19.3 Å². The van der Waals surface area contributed by atoms with Crippen molar-refractivity contribution in [2.45, 2.75) is 26.9 Å². The van der Waals surface area contributed by atoms with E-state index in [1.165, 1.54) is 0 Å². The molecule has 2 rings (SSSR count). The maximum atomic E-state index is 10.8. The van der Waals surface area contributed by atoms with Gasteiger partial charge in [-0.05, 0) is 54.4 Å². The summed E-state index contributed by atoms with van der Waals surface area (Å²) in [6, 6.07) is 3.56. The van der Waals surface area contributed by atoms with E-state index in [-0.39, 0.29) is 0 Å². The minimum atomic E-state index is -0.834.